The van der Waals surface area contributed by atoms with Crippen LogP contribution in [0.15, 0.2) is 47.4 Å². The number of anilines is 1. The Hall–Kier alpha value is -4.26. The fourth-order valence-electron chi connectivity index (χ4n) is 3.98. The van der Waals surface area contributed by atoms with Crippen LogP contribution in [0.25, 0.3) is 0 Å². The highest BCUT2D eigenvalue weighted by atomic mass is 16.7. The minimum atomic E-state index is -1.24. The smallest absolute Gasteiger partial charge is 0.418 e. The highest BCUT2D eigenvalue weighted by Crippen LogP contribution is 2.36. The van der Waals surface area contributed by atoms with E-state index < -0.39 is 54.1 Å². The number of fused-ring (bicyclic) bond motifs is 1. The van der Waals surface area contributed by atoms with Crippen molar-refractivity contribution in [2.45, 2.75) is 51.2 Å². The second-order valence-electron chi connectivity index (χ2n) is 8.31. The maximum atomic E-state index is 12.8. The maximum Gasteiger partial charge on any atom is 0.418 e. The molecule has 13 nitrogen and oxygen atoms in total. The molecular formula is C24H25N3O10. The first-order valence-corrected chi connectivity index (χ1v) is 11.7. The standard InChI is InChI=1S/C24H25N3O10/c1-3-13(4-2)20(28)33-12-15-17-18(36-23(31)22(30)35-17)19(34-15)27-11-10-16(25-24(27)32)26-37-21(29)14-8-6-5-7-9-14/h5-11,13,15,17-19H,3-4,12H2,1-2H3,(H,25,26,32)/t15-,17-,18-,19-/m1/s1. The summed E-state index contributed by atoms with van der Waals surface area (Å²) in [5, 5.41) is 0. The number of benzene rings is 1. The Morgan fingerprint density at radius 3 is 2.35 bits per heavy atom. The van der Waals surface area contributed by atoms with Gasteiger partial charge in [-0.15, -0.1) is 0 Å². The second kappa shape index (κ2) is 11.2. The number of ether oxygens (including phenoxy) is 4. The van der Waals surface area contributed by atoms with Crippen LogP contribution in [0.1, 0.15) is 43.3 Å². The Morgan fingerprint density at radius 1 is 1.03 bits per heavy atom. The van der Waals surface area contributed by atoms with Crippen LogP contribution in [0, 0.1) is 5.92 Å². The topological polar surface area (TPSA) is 161 Å². The van der Waals surface area contributed by atoms with E-state index in [-0.39, 0.29) is 18.3 Å². The van der Waals surface area contributed by atoms with E-state index >= 15 is 0 Å². The molecular weight excluding hydrogens is 490 g/mol. The molecule has 1 aromatic carbocycles. The number of nitrogens with one attached hydrogen (secondary N) is 1. The van der Waals surface area contributed by atoms with Gasteiger partial charge in [-0.2, -0.15) is 10.5 Å². The summed E-state index contributed by atoms with van der Waals surface area (Å²) in [6.07, 6.45) is -2.06. The van der Waals surface area contributed by atoms with Gasteiger partial charge in [-0.1, -0.05) is 32.0 Å². The summed E-state index contributed by atoms with van der Waals surface area (Å²) in [7, 11) is 0. The maximum absolute atomic E-state index is 12.8. The van der Waals surface area contributed by atoms with E-state index in [0.717, 1.165) is 4.57 Å². The monoisotopic (exact) mass is 515 g/mol. The van der Waals surface area contributed by atoms with Crippen LogP contribution in [0.4, 0.5) is 5.82 Å². The van der Waals surface area contributed by atoms with Crippen molar-refractivity contribution < 1.29 is 43.0 Å². The fourth-order valence-corrected chi connectivity index (χ4v) is 3.98. The van der Waals surface area contributed by atoms with Gasteiger partial charge in [0.2, 0.25) is 0 Å². The van der Waals surface area contributed by atoms with Crippen LogP contribution in [0.5, 0.6) is 0 Å². The predicted molar refractivity (Wildman–Crippen MR) is 123 cm³/mol. The Balaban J connectivity index is 1.47. The summed E-state index contributed by atoms with van der Waals surface area (Å²) < 4.78 is 22.6. The van der Waals surface area contributed by atoms with E-state index in [1.165, 1.54) is 12.3 Å². The van der Waals surface area contributed by atoms with Crippen LogP contribution < -0.4 is 11.2 Å². The zero-order chi connectivity index (χ0) is 26.5. The SMILES string of the molecule is CCC(CC)C(=O)OC[C@H]1O[C@@H](n2ccc(NOC(=O)c3ccccc3)nc2=O)[C@@H]2OC(=O)C(=O)O[C@@H]21. The molecule has 1 aromatic heterocycles. The van der Waals surface area contributed by atoms with Crippen LogP contribution in [-0.4, -0.2) is 58.3 Å². The van der Waals surface area contributed by atoms with Crippen molar-refractivity contribution >= 4 is 29.7 Å². The molecule has 0 radical (unpaired) electrons. The minimum Gasteiger partial charge on any atom is -0.463 e. The van der Waals surface area contributed by atoms with Gasteiger partial charge in [-0.25, -0.2) is 19.2 Å². The third-order valence-electron chi connectivity index (χ3n) is 6.01. The molecule has 2 saturated heterocycles. The van der Waals surface area contributed by atoms with Gasteiger partial charge in [0.1, 0.15) is 12.7 Å². The lowest BCUT2D eigenvalue weighted by molar-refractivity contribution is -0.195. The summed E-state index contributed by atoms with van der Waals surface area (Å²) in [4.78, 5) is 69.6. The van der Waals surface area contributed by atoms with Crippen molar-refractivity contribution in [3.8, 4) is 0 Å². The molecule has 196 valence electrons. The normalized spacial score (nSPS) is 22.6. The number of carbonyl (C=O) groups is 4. The fraction of sp³-hybridized carbons (Fsp3) is 0.417. The van der Waals surface area contributed by atoms with Gasteiger partial charge in [0, 0.05) is 12.3 Å². The zero-order valence-electron chi connectivity index (χ0n) is 20.0. The number of carbonyl (C=O) groups excluding carboxylic acids is 4. The van der Waals surface area contributed by atoms with E-state index in [0.29, 0.717) is 18.4 Å². The largest absolute Gasteiger partial charge is 0.463 e. The van der Waals surface area contributed by atoms with E-state index in [4.69, 9.17) is 23.8 Å². The molecule has 2 aliphatic rings. The molecule has 0 bridgehead atoms. The number of aromatic nitrogens is 2. The first kappa shape index (κ1) is 25.8. The lowest BCUT2D eigenvalue weighted by Gasteiger charge is -2.28. The second-order valence-corrected chi connectivity index (χ2v) is 8.31. The summed E-state index contributed by atoms with van der Waals surface area (Å²) in [5.41, 5.74) is 1.76. The van der Waals surface area contributed by atoms with Crippen LogP contribution in [0.3, 0.4) is 0 Å². The lowest BCUT2D eigenvalue weighted by Crippen LogP contribution is -2.49. The molecule has 4 atom stereocenters. The number of hydrogen-bond acceptors (Lipinski definition) is 12. The average Bonchev–Trinajstić information content (AvgIpc) is 3.24. The van der Waals surface area contributed by atoms with E-state index in [1.54, 1.807) is 30.3 Å². The molecule has 0 spiro atoms. The summed E-state index contributed by atoms with van der Waals surface area (Å²) in [5.74, 6) is -3.95. The third-order valence-corrected chi connectivity index (χ3v) is 6.01. The van der Waals surface area contributed by atoms with Gasteiger partial charge < -0.3 is 23.8 Å². The van der Waals surface area contributed by atoms with Crippen molar-refractivity contribution in [1.29, 1.82) is 0 Å². The van der Waals surface area contributed by atoms with Crippen molar-refractivity contribution in [2.24, 2.45) is 5.92 Å². The summed E-state index contributed by atoms with van der Waals surface area (Å²) >= 11 is 0. The zero-order valence-corrected chi connectivity index (χ0v) is 20.0. The molecule has 3 heterocycles. The molecule has 0 unspecified atom stereocenters. The quantitative estimate of drug-likeness (QED) is 0.220. The van der Waals surface area contributed by atoms with Crippen LogP contribution >= 0.6 is 0 Å². The van der Waals surface area contributed by atoms with Gasteiger partial charge in [0.15, 0.2) is 24.3 Å². The molecule has 2 aromatic rings. The molecule has 13 heteroatoms. The molecule has 0 aliphatic carbocycles. The van der Waals surface area contributed by atoms with E-state index in [2.05, 4.69) is 10.5 Å². The number of rotatable bonds is 9. The summed E-state index contributed by atoms with van der Waals surface area (Å²) in [6, 6.07) is 9.52. The van der Waals surface area contributed by atoms with Crippen molar-refractivity contribution in [2.75, 3.05) is 12.1 Å². The van der Waals surface area contributed by atoms with Gasteiger partial charge in [0.05, 0.1) is 11.5 Å². The number of nitrogens with zero attached hydrogens (tertiary/aromatic N) is 2. The van der Waals surface area contributed by atoms with Crippen molar-refractivity contribution in [1.82, 2.24) is 9.55 Å². The van der Waals surface area contributed by atoms with Gasteiger partial charge in [0.25, 0.3) is 0 Å². The van der Waals surface area contributed by atoms with E-state index in [9.17, 15) is 24.0 Å². The molecule has 37 heavy (non-hydrogen) atoms. The van der Waals surface area contributed by atoms with Gasteiger partial charge >= 0.3 is 29.6 Å². The van der Waals surface area contributed by atoms with Crippen molar-refractivity contribution in [3.63, 3.8) is 0 Å². The molecule has 0 amide bonds. The predicted octanol–water partition coefficient (Wildman–Crippen LogP) is 1.14. The van der Waals surface area contributed by atoms with Crippen LogP contribution in [0.2, 0.25) is 0 Å². The molecule has 1 N–H and O–H groups in total. The third kappa shape index (κ3) is 5.61. The average molecular weight is 515 g/mol. The Labute approximate surface area is 210 Å². The Bertz CT molecular complexity index is 1230. The molecule has 2 fully saturated rings. The first-order valence-electron chi connectivity index (χ1n) is 11.7. The number of hydrogen-bond donors (Lipinski definition) is 1. The highest BCUT2D eigenvalue weighted by Gasteiger charge is 2.55. The Kier molecular flexibility index (Phi) is 7.82. The Morgan fingerprint density at radius 2 is 1.70 bits per heavy atom. The molecule has 2 aliphatic heterocycles. The highest BCUT2D eigenvalue weighted by molar-refractivity contribution is 6.30. The van der Waals surface area contributed by atoms with Gasteiger partial charge in [-0.05, 0) is 25.0 Å². The first-order chi connectivity index (χ1) is 17.8. The summed E-state index contributed by atoms with van der Waals surface area (Å²) in [6.45, 7) is 3.43. The van der Waals surface area contributed by atoms with Gasteiger partial charge in [-0.3, -0.25) is 9.36 Å². The minimum absolute atomic E-state index is 0.0669. The van der Waals surface area contributed by atoms with Crippen LogP contribution in [-0.2, 0) is 38.2 Å². The van der Waals surface area contributed by atoms with E-state index in [1.807, 2.05) is 13.8 Å². The molecule has 4 rings (SSSR count). The number of esters is 3. The molecule has 0 saturated carbocycles. The lowest BCUT2D eigenvalue weighted by atomic mass is 10.0. The van der Waals surface area contributed by atoms with Crippen molar-refractivity contribution in [3.05, 3.63) is 58.6 Å².